The number of rotatable bonds is 4. The Kier molecular flexibility index (Phi) is 5.73. The van der Waals surface area contributed by atoms with Gasteiger partial charge >= 0.3 is 5.51 Å². The lowest BCUT2D eigenvalue weighted by Gasteiger charge is -2.34. The highest BCUT2D eigenvalue weighted by atomic mass is 79.9. The van der Waals surface area contributed by atoms with Crippen LogP contribution in [0.5, 0.6) is 0 Å². The summed E-state index contributed by atoms with van der Waals surface area (Å²) in [6.07, 6.45) is 0. The van der Waals surface area contributed by atoms with E-state index < -0.39 is 5.51 Å². The van der Waals surface area contributed by atoms with Crippen molar-refractivity contribution >= 4 is 27.7 Å². The minimum Gasteiger partial charge on any atom is -0.378 e. The third-order valence-electron chi connectivity index (χ3n) is 2.17. The summed E-state index contributed by atoms with van der Waals surface area (Å²) in [7, 11) is 0. The first-order valence-corrected chi connectivity index (χ1v) is 6.72. The lowest BCUT2D eigenvalue weighted by Crippen LogP contribution is -2.47. The first-order valence-electron chi connectivity index (χ1n) is 4.61. The molecule has 0 radical (unpaired) electrons. The van der Waals surface area contributed by atoms with Crippen LogP contribution < -0.4 is 0 Å². The van der Waals surface area contributed by atoms with Gasteiger partial charge in [0, 0.05) is 30.2 Å². The number of hydrogen-bond donors (Lipinski definition) is 0. The van der Waals surface area contributed by atoms with Crippen molar-refractivity contribution in [3.8, 4) is 0 Å². The molecule has 0 bridgehead atoms. The Bertz CT molecular complexity index is 193. The summed E-state index contributed by atoms with van der Waals surface area (Å²) in [4.78, 5) is 2.04. The molecule has 1 unspecified atom stereocenters. The third kappa shape index (κ3) is 5.42. The van der Waals surface area contributed by atoms with Crippen LogP contribution >= 0.6 is 27.7 Å². The van der Waals surface area contributed by atoms with Crippen molar-refractivity contribution in [2.75, 3.05) is 37.4 Å². The third-order valence-corrected chi connectivity index (χ3v) is 3.63. The molecule has 0 saturated carbocycles. The van der Waals surface area contributed by atoms with E-state index in [9.17, 15) is 13.2 Å². The molecular weight excluding hydrogens is 295 g/mol. The van der Waals surface area contributed by atoms with E-state index in [2.05, 4.69) is 15.9 Å². The SMILES string of the molecule is FC(F)(F)SCCN1CCOCC1CBr. The zero-order chi connectivity index (χ0) is 11.3. The number of morpholine rings is 1. The number of nitrogens with zero attached hydrogens (tertiary/aromatic N) is 1. The van der Waals surface area contributed by atoms with Crippen molar-refractivity contribution in [1.29, 1.82) is 0 Å². The molecule has 0 aromatic rings. The van der Waals surface area contributed by atoms with Crippen molar-refractivity contribution in [3.63, 3.8) is 0 Å². The maximum Gasteiger partial charge on any atom is 0.441 e. The predicted molar refractivity (Wildman–Crippen MR) is 58.5 cm³/mol. The molecule has 0 aliphatic carbocycles. The second kappa shape index (κ2) is 6.32. The van der Waals surface area contributed by atoms with E-state index in [1.807, 2.05) is 4.90 Å². The molecule has 1 heterocycles. The number of halogens is 4. The smallest absolute Gasteiger partial charge is 0.378 e. The maximum atomic E-state index is 11.9. The molecular formula is C8H13BrF3NOS. The number of hydrogen-bond acceptors (Lipinski definition) is 3. The van der Waals surface area contributed by atoms with Gasteiger partial charge in [-0.05, 0) is 11.8 Å². The van der Waals surface area contributed by atoms with Crippen molar-refractivity contribution in [1.82, 2.24) is 4.90 Å². The van der Waals surface area contributed by atoms with Crippen LogP contribution in [-0.4, -0.2) is 53.8 Å². The zero-order valence-electron chi connectivity index (χ0n) is 8.10. The quantitative estimate of drug-likeness (QED) is 0.740. The molecule has 0 spiro atoms. The van der Waals surface area contributed by atoms with Gasteiger partial charge in [-0.2, -0.15) is 13.2 Å². The summed E-state index contributed by atoms with van der Waals surface area (Å²) in [5.74, 6) is 0.0903. The van der Waals surface area contributed by atoms with Gasteiger partial charge in [-0.3, -0.25) is 4.90 Å². The van der Waals surface area contributed by atoms with Crippen LogP contribution in [0.3, 0.4) is 0 Å². The summed E-state index contributed by atoms with van der Waals surface area (Å²) in [5, 5.41) is 0.740. The molecule has 1 aliphatic rings. The summed E-state index contributed by atoms with van der Waals surface area (Å²) in [5.41, 5.74) is -4.11. The second-order valence-electron chi connectivity index (χ2n) is 3.21. The topological polar surface area (TPSA) is 12.5 Å². The van der Waals surface area contributed by atoms with Crippen molar-refractivity contribution in [2.24, 2.45) is 0 Å². The zero-order valence-corrected chi connectivity index (χ0v) is 10.5. The van der Waals surface area contributed by atoms with Crippen LogP contribution in [0.4, 0.5) is 13.2 Å². The lowest BCUT2D eigenvalue weighted by molar-refractivity contribution is -0.0333. The Labute approximate surface area is 99.6 Å². The molecule has 1 saturated heterocycles. The largest absolute Gasteiger partial charge is 0.441 e. The van der Waals surface area contributed by atoms with Crippen LogP contribution in [0.15, 0.2) is 0 Å². The highest BCUT2D eigenvalue weighted by molar-refractivity contribution is 9.09. The maximum absolute atomic E-state index is 11.9. The van der Waals surface area contributed by atoms with E-state index in [0.717, 1.165) is 5.33 Å². The lowest BCUT2D eigenvalue weighted by atomic mass is 10.2. The Balaban J connectivity index is 2.23. The molecule has 1 fully saturated rings. The Morgan fingerprint density at radius 1 is 1.47 bits per heavy atom. The van der Waals surface area contributed by atoms with Gasteiger partial charge in [0.2, 0.25) is 0 Å². The number of alkyl halides is 4. The minimum absolute atomic E-state index is 0.0420. The average Bonchev–Trinajstić information content (AvgIpc) is 2.16. The first-order chi connectivity index (χ1) is 7.03. The van der Waals surface area contributed by atoms with Gasteiger partial charge in [0.1, 0.15) is 0 Å². The van der Waals surface area contributed by atoms with E-state index in [0.29, 0.717) is 26.3 Å². The van der Waals surface area contributed by atoms with Gasteiger partial charge in [0.05, 0.1) is 13.2 Å². The van der Waals surface area contributed by atoms with Crippen LogP contribution in [0, 0.1) is 0 Å². The standard InChI is InChI=1S/C8H13BrF3NOS/c9-5-7-6-14-3-1-13(7)2-4-15-8(10,11)12/h7H,1-6H2. The van der Waals surface area contributed by atoms with E-state index >= 15 is 0 Å². The van der Waals surface area contributed by atoms with Gasteiger partial charge in [0.25, 0.3) is 0 Å². The van der Waals surface area contributed by atoms with Gasteiger partial charge < -0.3 is 4.74 Å². The monoisotopic (exact) mass is 307 g/mol. The normalized spacial score (nSPS) is 24.4. The van der Waals surface area contributed by atoms with Gasteiger partial charge in [-0.1, -0.05) is 15.9 Å². The second-order valence-corrected chi connectivity index (χ2v) is 5.02. The van der Waals surface area contributed by atoms with E-state index in [4.69, 9.17) is 4.74 Å². The molecule has 15 heavy (non-hydrogen) atoms. The van der Waals surface area contributed by atoms with Gasteiger partial charge in [-0.25, -0.2) is 0 Å². The summed E-state index contributed by atoms with van der Waals surface area (Å²) >= 11 is 3.37. The molecule has 1 atom stereocenters. The molecule has 90 valence electrons. The fourth-order valence-electron chi connectivity index (χ4n) is 1.40. The molecule has 2 nitrogen and oxygen atoms in total. The molecule has 0 N–H and O–H groups in total. The summed E-state index contributed by atoms with van der Waals surface area (Å²) in [6.45, 7) is 2.39. The first kappa shape index (κ1) is 13.6. The van der Waals surface area contributed by atoms with Crippen molar-refractivity contribution in [3.05, 3.63) is 0 Å². The highest BCUT2D eigenvalue weighted by Crippen LogP contribution is 2.30. The molecule has 0 amide bonds. The highest BCUT2D eigenvalue weighted by Gasteiger charge is 2.29. The van der Waals surface area contributed by atoms with Crippen LogP contribution in [0.1, 0.15) is 0 Å². The van der Waals surface area contributed by atoms with Crippen molar-refractivity contribution < 1.29 is 17.9 Å². The van der Waals surface area contributed by atoms with Crippen LogP contribution in [0.2, 0.25) is 0 Å². The number of ether oxygens (including phenoxy) is 1. The Morgan fingerprint density at radius 3 is 2.80 bits per heavy atom. The predicted octanol–water partition coefficient (Wildman–Crippen LogP) is 2.34. The molecule has 0 aromatic heterocycles. The van der Waals surface area contributed by atoms with Gasteiger partial charge in [-0.15, -0.1) is 0 Å². The van der Waals surface area contributed by atoms with E-state index in [1.165, 1.54) is 0 Å². The Hall–Kier alpha value is 0.540. The van der Waals surface area contributed by atoms with Gasteiger partial charge in [0.15, 0.2) is 0 Å². The fourth-order valence-corrected chi connectivity index (χ4v) is 2.56. The average molecular weight is 308 g/mol. The molecule has 7 heteroatoms. The van der Waals surface area contributed by atoms with Crippen LogP contribution in [0.25, 0.3) is 0 Å². The number of thioether (sulfide) groups is 1. The molecule has 1 rings (SSSR count). The van der Waals surface area contributed by atoms with Crippen LogP contribution in [-0.2, 0) is 4.74 Å². The van der Waals surface area contributed by atoms with E-state index in [1.54, 1.807) is 0 Å². The van der Waals surface area contributed by atoms with Crippen molar-refractivity contribution in [2.45, 2.75) is 11.6 Å². The molecule has 1 aliphatic heterocycles. The summed E-state index contributed by atoms with van der Waals surface area (Å²) < 4.78 is 40.9. The minimum atomic E-state index is -4.11. The summed E-state index contributed by atoms with van der Waals surface area (Å²) in [6, 6.07) is 0.201. The fraction of sp³-hybridized carbons (Fsp3) is 1.00. The molecule has 0 aromatic carbocycles. The van der Waals surface area contributed by atoms with E-state index in [-0.39, 0.29) is 23.6 Å². The Morgan fingerprint density at radius 2 is 2.20 bits per heavy atom.